The lowest BCUT2D eigenvalue weighted by atomic mass is 9.91. The third kappa shape index (κ3) is 7.69. The molecule has 0 aromatic heterocycles. The van der Waals surface area contributed by atoms with E-state index in [1.54, 1.807) is 6.92 Å². The van der Waals surface area contributed by atoms with Gasteiger partial charge in [-0.25, -0.2) is 4.79 Å². The normalized spacial score (nSPS) is 10.3. The summed E-state index contributed by atoms with van der Waals surface area (Å²) >= 11 is 0. The first-order chi connectivity index (χ1) is 16.6. The molecule has 0 aliphatic heterocycles. The number of ketones is 3. The zero-order chi connectivity index (χ0) is 26.7. The van der Waals surface area contributed by atoms with Gasteiger partial charge in [0.15, 0.2) is 0 Å². The second-order valence-electron chi connectivity index (χ2n) is 8.34. The molecular weight excluding hydrogens is 442 g/mol. The van der Waals surface area contributed by atoms with Gasteiger partial charge < -0.3 is 10.5 Å². The first kappa shape index (κ1) is 29.9. The summed E-state index contributed by atoms with van der Waals surface area (Å²) in [6.45, 7) is 13.6. The number of carbonyl (C=O) groups excluding carboxylic acids is 4. The Morgan fingerprint density at radius 1 is 0.657 bits per heavy atom. The summed E-state index contributed by atoms with van der Waals surface area (Å²) in [5.74, 6) is -2.24. The molecular formula is C29H39NO5. The molecule has 0 radical (unpaired) electrons. The summed E-state index contributed by atoms with van der Waals surface area (Å²) in [7, 11) is 0. The van der Waals surface area contributed by atoms with Crippen LogP contribution in [0.3, 0.4) is 0 Å². The maximum atomic E-state index is 12.1. The second kappa shape index (κ2) is 14.3. The minimum atomic E-state index is -0.759. The first-order valence-electron chi connectivity index (χ1n) is 12.3. The van der Waals surface area contributed by atoms with Crippen LogP contribution in [0.25, 0.3) is 0 Å². The van der Waals surface area contributed by atoms with Gasteiger partial charge in [-0.15, -0.1) is 0 Å². The maximum Gasteiger partial charge on any atom is 0.379 e. The van der Waals surface area contributed by atoms with Crippen molar-refractivity contribution >= 4 is 23.3 Å². The van der Waals surface area contributed by atoms with Crippen molar-refractivity contribution in [3.63, 3.8) is 0 Å². The van der Waals surface area contributed by atoms with Crippen LogP contribution < -0.4 is 5.73 Å². The van der Waals surface area contributed by atoms with Gasteiger partial charge >= 0.3 is 5.97 Å². The van der Waals surface area contributed by atoms with Crippen molar-refractivity contribution in [2.75, 3.05) is 13.2 Å². The molecule has 0 bridgehead atoms. The topological polar surface area (TPSA) is 104 Å². The number of ether oxygens (including phenoxy) is 1. The number of carbonyl (C=O) groups is 4. The lowest BCUT2D eigenvalue weighted by molar-refractivity contribution is -0.137. The van der Waals surface area contributed by atoms with Crippen LogP contribution in [-0.2, 0) is 40.0 Å². The number of rotatable bonds is 10. The molecule has 0 fully saturated rings. The molecule has 0 unspecified atom stereocenters. The van der Waals surface area contributed by atoms with Crippen molar-refractivity contribution in [3.8, 4) is 0 Å². The first-order valence-corrected chi connectivity index (χ1v) is 12.3. The Morgan fingerprint density at radius 2 is 1.00 bits per heavy atom. The van der Waals surface area contributed by atoms with Crippen molar-refractivity contribution in [1.82, 2.24) is 0 Å². The lowest BCUT2D eigenvalue weighted by Gasteiger charge is -2.13. The van der Waals surface area contributed by atoms with Gasteiger partial charge in [-0.05, 0) is 68.7 Å². The summed E-state index contributed by atoms with van der Waals surface area (Å²) < 4.78 is 4.80. The standard InChI is InChI=1S/C15H20O3.C14H19NO2/c1-5-11-8-10(4)9-12(6-2)13(11)14(16)15(17)18-7-3;1-4-10-6-9(3)7-11(5-2)13(10)14(17)12(16)8-15/h8-9H,5-7H2,1-4H3;6-7H,4-5,8,15H2,1-3H3. The SMILES string of the molecule is CCOC(=O)C(=O)c1c(CC)cc(C)cc1CC.CCc1cc(C)cc(CC)c1C(=O)C(=O)CN. The van der Waals surface area contributed by atoms with Crippen molar-refractivity contribution in [2.24, 2.45) is 5.73 Å². The fraction of sp³-hybridized carbons (Fsp3) is 0.448. The highest BCUT2D eigenvalue weighted by Crippen LogP contribution is 2.21. The molecule has 2 aromatic rings. The Balaban J connectivity index is 0.000000351. The molecule has 2 aromatic carbocycles. The van der Waals surface area contributed by atoms with Gasteiger partial charge in [0.2, 0.25) is 11.6 Å². The van der Waals surface area contributed by atoms with E-state index in [1.165, 1.54) is 0 Å². The molecule has 2 rings (SSSR count). The van der Waals surface area contributed by atoms with Crippen LogP contribution in [0.15, 0.2) is 24.3 Å². The maximum absolute atomic E-state index is 12.1. The van der Waals surface area contributed by atoms with E-state index in [0.717, 1.165) is 59.1 Å². The van der Waals surface area contributed by atoms with Gasteiger partial charge in [0.25, 0.3) is 5.78 Å². The molecule has 6 nitrogen and oxygen atoms in total. The van der Waals surface area contributed by atoms with Gasteiger partial charge in [0.05, 0.1) is 13.2 Å². The molecule has 35 heavy (non-hydrogen) atoms. The largest absolute Gasteiger partial charge is 0.460 e. The van der Waals surface area contributed by atoms with Crippen LogP contribution in [-0.4, -0.2) is 36.5 Å². The molecule has 0 aliphatic rings. The van der Waals surface area contributed by atoms with E-state index in [-0.39, 0.29) is 13.2 Å². The quantitative estimate of drug-likeness (QED) is 0.300. The summed E-state index contributed by atoms with van der Waals surface area (Å²) in [4.78, 5) is 47.2. The number of esters is 1. The minimum Gasteiger partial charge on any atom is -0.460 e. The molecule has 0 atom stereocenters. The van der Waals surface area contributed by atoms with E-state index >= 15 is 0 Å². The summed E-state index contributed by atoms with van der Waals surface area (Å²) in [5, 5.41) is 0. The second-order valence-corrected chi connectivity index (χ2v) is 8.34. The number of hydrogen-bond acceptors (Lipinski definition) is 6. The van der Waals surface area contributed by atoms with Crippen molar-refractivity contribution in [3.05, 3.63) is 68.8 Å². The van der Waals surface area contributed by atoms with Gasteiger partial charge in [0, 0.05) is 11.1 Å². The molecule has 0 saturated carbocycles. The third-order valence-electron chi connectivity index (χ3n) is 5.77. The summed E-state index contributed by atoms with van der Waals surface area (Å²) in [6, 6.07) is 7.86. The number of aryl methyl sites for hydroxylation is 6. The predicted molar refractivity (Wildman–Crippen MR) is 139 cm³/mol. The van der Waals surface area contributed by atoms with E-state index in [9.17, 15) is 19.2 Å². The number of hydrogen-bond donors (Lipinski definition) is 1. The minimum absolute atomic E-state index is 0.222. The Bertz CT molecular complexity index is 1030. The van der Waals surface area contributed by atoms with E-state index in [0.29, 0.717) is 11.1 Å². The summed E-state index contributed by atoms with van der Waals surface area (Å²) in [6.07, 6.45) is 2.95. The van der Waals surface area contributed by atoms with Crippen LogP contribution in [0, 0.1) is 13.8 Å². The zero-order valence-electron chi connectivity index (χ0n) is 22.2. The summed E-state index contributed by atoms with van der Waals surface area (Å²) in [5.41, 5.74) is 12.3. The third-order valence-corrected chi connectivity index (χ3v) is 5.77. The Labute approximate surface area is 209 Å². The highest BCUT2D eigenvalue weighted by Gasteiger charge is 2.23. The fourth-order valence-corrected chi connectivity index (χ4v) is 4.11. The van der Waals surface area contributed by atoms with E-state index < -0.39 is 23.3 Å². The fourth-order valence-electron chi connectivity index (χ4n) is 4.11. The smallest absolute Gasteiger partial charge is 0.379 e. The van der Waals surface area contributed by atoms with Gasteiger partial charge in [-0.2, -0.15) is 0 Å². The van der Waals surface area contributed by atoms with Gasteiger partial charge in [-0.3, -0.25) is 14.4 Å². The van der Waals surface area contributed by atoms with E-state index in [1.807, 2.05) is 65.8 Å². The van der Waals surface area contributed by atoms with Gasteiger partial charge in [-0.1, -0.05) is 63.1 Å². The molecule has 0 saturated heterocycles. The molecule has 190 valence electrons. The molecule has 0 heterocycles. The van der Waals surface area contributed by atoms with Gasteiger partial charge in [0.1, 0.15) is 0 Å². The average molecular weight is 482 g/mol. The number of Topliss-reactive ketones (excluding diaryl/α,β-unsaturated/α-hetero) is 3. The molecule has 0 amide bonds. The van der Waals surface area contributed by atoms with E-state index in [2.05, 4.69) is 0 Å². The lowest BCUT2D eigenvalue weighted by Crippen LogP contribution is -2.25. The number of nitrogens with two attached hydrogens (primary N) is 1. The van der Waals surface area contributed by atoms with Crippen molar-refractivity contribution < 1.29 is 23.9 Å². The van der Waals surface area contributed by atoms with Crippen molar-refractivity contribution in [1.29, 1.82) is 0 Å². The molecule has 0 spiro atoms. The van der Waals surface area contributed by atoms with Crippen molar-refractivity contribution in [2.45, 2.75) is 74.1 Å². The average Bonchev–Trinajstić information content (AvgIpc) is 2.86. The van der Waals surface area contributed by atoms with E-state index in [4.69, 9.17) is 10.5 Å². The van der Waals surface area contributed by atoms with Crippen LogP contribution >= 0.6 is 0 Å². The van der Waals surface area contributed by atoms with Crippen LogP contribution in [0.4, 0.5) is 0 Å². The molecule has 2 N–H and O–H groups in total. The zero-order valence-corrected chi connectivity index (χ0v) is 22.2. The predicted octanol–water partition coefficient (Wildman–Crippen LogP) is 4.70. The van der Waals surface area contributed by atoms with Crippen LogP contribution in [0.5, 0.6) is 0 Å². The monoisotopic (exact) mass is 481 g/mol. The highest BCUT2D eigenvalue weighted by atomic mass is 16.5. The molecule has 6 heteroatoms. The Morgan fingerprint density at radius 3 is 1.29 bits per heavy atom. The Kier molecular flexibility index (Phi) is 12.2. The van der Waals surface area contributed by atoms with Crippen LogP contribution in [0.2, 0.25) is 0 Å². The molecule has 0 aliphatic carbocycles. The number of benzene rings is 2. The van der Waals surface area contributed by atoms with Crippen LogP contribution in [0.1, 0.15) is 88.7 Å². The Hall–Kier alpha value is -3.12. The highest BCUT2D eigenvalue weighted by molar-refractivity contribution is 6.45.